The predicted octanol–water partition coefficient (Wildman–Crippen LogP) is 3.94. The Hall–Kier alpha value is -2.29. The standard InChI is InChI=1S/C17H19NO2/c1-17(2,3)13-9-10-15(19)14(11-13)18-16(20)12-7-5-4-6-8-12/h4-11,19H,1-3H3,(H,18,20). The van der Waals surface area contributed by atoms with E-state index in [9.17, 15) is 9.90 Å². The third-order valence-electron chi connectivity index (χ3n) is 3.15. The third-order valence-corrected chi connectivity index (χ3v) is 3.15. The van der Waals surface area contributed by atoms with Gasteiger partial charge in [0, 0.05) is 5.56 Å². The number of carbonyl (C=O) groups excluding carboxylic acids is 1. The van der Waals surface area contributed by atoms with E-state index in [1.54, 1.807) is 30.3 Å². The summed E-state index contributed by atoms with van der Waals surface area (Å²) in [5, 5.41) is 12.6. The molecule has 0 aliphatic rings. The summed E-state index contributed by atoms with van der Waals surface area (Å²) < 4.78 is 0. The van der Waals surface area contributed by atoms with Crippen molar-refractivity contribution in [2.45, 2.75) is 26.2 Å². The lowest BCUT2D eigenvalue weighted by atomic mass is 9.87. The summed E-state index contributed by atoms with van der Waals surface area (Å²) in [5.74, 6) is -0.158. The molecule has 0 atom stereocenters. The number of hydrogen-bond donors (Lipinski definition) is 2. The second kappa shape index (κ2) is 5.37. The Morgan fingerprint density at radius 3 is 2.30 bits per heavy atom. The van der Waals surface area contributed by atoms with E-state index in [1.165, 1.54) is 0 Å². The number of phenols is 1. The fraction of sp³-hybridized carbons (Fsp3) is 0.235. The minimum Gasteiger partial charge on any atom is -0.506 e. The number of amides is 1. The molecule has 0 aliphatic carbocycles. The van der Waals surface area contributed by atoms with Gasteiger partial charge in [-0.2, -0.15) is 0 Å². The zero-order chi connectivity index (χ0) is 14.8. The maximum atomic E-state index is 12.1. The molecule has 0 spiro atoms. The number of aromatic hydroxyl groups is 1. The molecule has 0 heterocycles. The number of benzene rings is 2. The number of phenolic OH excluding ortho intramolecular Hbond substituents is 1. The molecule has 3 heteroatoms. The topological polar surface area (TPSA) is 49.3 Å². The van der Waals surface area contributed by atoms with Crippen molar-refractivity contribution >= 4 is 11.6 Å². The molecule has 0 saturated carbocycles. The fourth-order valence-electron chi connectivity index (χ4n) is 1.89. The van der Waals surface area contributed by atoms with E-state index in [1.807, 2.05) is 18.2 Å². The van der Waals surface area contributed by atoms with Gasteiger partial charge in [0.2, 0.25) is 0 Å². The van der Waals surface area contributed by atoms with Gasteiger partial charge in [-0.1, -0.05) is 45.0 Å². The first-order valence-corrected chi connectivity index (χ1v) is 6.58. The second-order valence-electron chi connectivity index (χ2n) is 5.80. The van der Waals surface area contributed by atoms with E-state index >= 15 is 0 Å². The molecule has 0 aromatic heterocycles. The molecular weight excluding hydrogens is 250 g/mol. The average molecular weight is 269 g/mol. The molecule has 2 aromatic carbocycles. The molecule has 0 bridgehead atoms. The Bertz CT molecular complexity index is 613. The molecule has 0 unspecified atom stereocenters. The average Bonchev–Trinajstić information content (AvgIpc) is 2.41. The molecule has 2 rings (SSSR count). The van der Waals surface area contributed by atoms with E-state index < -0.39 is 0 Å². The van der Waals surface area contributed by atoms with Gasteiger partial charge in [-0.05, 0) is 35.2 Å². The van der Waals surface area contributed by atoms with Crippen LogP contribution >= 0.6 is 0 Å². The molecular formula is C17H19NO2. The zero-order valence-electron chi connectivity index (χ0n) is 12.0. The van der Waals surface area contributed by atoms with Crippen molar-refractivity contribution in [3.63, 3.8) is 0 Å². The first-order chi connectivity index (χ1) is 9.38. The van der Waals surface area contributed by atoms with Gasteiger partial charge in [-0.15, -0.1) is 0 Å². The number of rotatable bonds is 2. The number of carbonyl (C=O) groups is 1. The van der Waals surface area contributed by atoms with Gasteiger partial charge in [-0.3, -0.25) is 4.79 Å². The smallest absolute Gasteiger partial charge is 0.255 e. The monoisotopic (exact) mass is 269 g/mol. The minimum atomic E-state index is -0.230. The van der Waals surface area contributed by atoms with E-state index in [-0.39, 0.29) is 17.1 Å². The van der Waals surface area contributed by atoms with Crippen LogP contribution in [0.4, 0.5) is 5.69 Å². The fourth-order valence-corrected chi connectivity index (χ4v) is 1.89. The van der Waals surface area contributed by atoms with Crippen LogP contribution in [0.25, 0.3) is 0 Å². The van der Waals surface area contributed by atoms with Crippen LogP contribution in [0.5, 0.6) is 5.75 Å². The van der Waals surface area contributed by atoms with Crippen molar-refractivity contribution < 1.29 is 9.90 Å². The highest BCUT2D eigenvalue weighted by Crippen LogP contribution is 2.30. The van der Waals surface area contributed by atoms with Gasteiger partial charge in [0.1, 0.15) is 5.75 Å². The summed E-state index contributed by atoms with van der Waals surface area (Å²) in [6.45, 7) is 6.26. The Morgan fingerprint density at radius 1 is 1.05 bits per heavy atom. The molecule has 0 fully saturated rings. The van der Waals surface area contributed by atoms with Gasteiger partial charge in [0.25, 0.3) is 5.91 Å². The lowest BCUT2D eigenvalue weighted by molar-refractivity contribution is 0.102. The van der Waals surface area contributed by atoms with E-state index in [4.69, 9.17) is 0 Å². The van der Waals surface area contributed by atoms with Gasteiger partial charge in [0.05, 0.1) is 5.69 Å². The quantitative estimate of drug-likeness (QED) is 0.811. The summed E-state index contributed by atoms with van der Waals surface area (Å²) in [6, 6.07) is 14.2. The normalized spacial score (nSPS) is 11.2. The van der Waals surface area contributed by atoms with Crippen molar-refractivity contribution in [3.8, 4) is 5.75 Å². The van der Waals surface area contributed by atoms with Crippen LogP contribution in [0.3, 0.4) is 0 Å². The lowest BCUT2D eigenvalue weighted by Gasteiger charge is -2.20. The van der Waals surface area contributed by atoms with E-state index in [2.05, 4.69) is 26.1 Å². The Labute approximate surface area is 119 Å². The Balaban J connectivity index is 2.27. The van der Waals surface area contributed by atoms with Gasteiger partial charge in [-0.25, -0.2) is 0 Å². The summed E-state index contributed by atoms with van der Waals surface area (Å²) in [6.07, 6.45) is 0. The molecule has 3 nitrogen and oxygen atoms in total. The third kappa shape index (κ3) is 3.18. The highest BCUT2D eigenvalue weighted by atomic mass is 16.3. The Morgan fingerprint density at radius 2 is 1.70 bits per heavy atom. The maximum Gasteiger partial charge on any atom is 0.255 e. The lowest BCUT2D eigenvalue weighted by Crippen LogP contribution is -2.14. The summed E-state index contributed by atoms with van der Waals surface area (Å²) >= 11 is 0. The van der Waals surface area contributed by atoms with Crippen molar-refractivity contribution in [1.29, 1.82) is 0 Å². The summed E-state index contributed by atoms with van der Waals surface area (Å²) in [5.41, 5.74) is 2.01. The first-order valence-electron chi connectivity index (χ1n) is 6.58. The van der Waals surface area contributed by atoms with E-state index in [0.717, 1.165) is 5.56 Å². The molecule has 2 aromatic rings. The minimum absolute atomic E-state index is 0.0417. The number of nitrogens with one attached hydrogen (secondary N) is 1. The van der Waals surface area contributed by atoms with Gasteiger partial charge in [0.15, 0.2) is 0 Å². The summed E-state index contributed by atoms with van der Waals surface area (Å²) in [4.78, 5) is 12.1. The highest BCUT2D eigenvalue weighted by molar-refractivity contribution is 6.05. The Kier molecular flexibility index (Phi) is 3.79. The van der Waals surface area contributed by atoms with Crippen LogP contribution in [0.1, 0.15) is 36.7 Å². The second-order valence-corrected chi connectivity index (χ2v) is 5.80. The molecule has 1 amide bonds. The molecule has 2 N–H and O–H groups in total. The SMILES string of the molecule is CC(C)(C)c1ccc(O)c(NC(=O)c2ccccc2)c1. The van der Waals surface area contributed by atoms with Crippen molar-refractivity contribution in [2.24, 2.45) is 0 Å². The largest absolute Gasteiger partial charge is 0.506 e. The van der Waals surface area contributed by atoms with Crippen molar-refractivity contribution in [1.82, 2.24) is 0 Å². The van der Waals surface area contributed by atoms with Crippen molar-refractivity contribution in [3.05, 3.63) is 59.7 Å². The number of hydrogen-bond acceptors (Lipinski definition) is 2. The van der Waals surface area contributed by atoms with Gasteiger partial charge >= 0.3 is 0 Å². The van der Waals surface area contributed by atoms with Crippen molar-refractivity contribution in [2.75, 3.05) is 5.32 Å². The zero-order valence-corrected chi connectivity index (χ0v) is 12.0. The van der Waals surface area contributed by atoms with Crippen LogP contribution in [0, 0.1) is 0 Å². The molecule has 20 heavy (non-hydrogen) atoms. The highest BCUT2D eigenvalue weighted by Gasteiger charge is 2.16. The van der Waals surface area contributed by atoms with Crippen LogP contribution in [0.15, 0.2) is 48.5 Å². The predicted molar refractivity (Wildman–Crippen MR) is 81.2 cm³/mol. The first kappa shape index (κ1) is 14.1. The van der Waals surface area contributed by atoms with Gasteiger partial charge < -0.3 is 10.4 Å². The van der Waals surface area contributed by atoms with E-state index in [0.29, 0.717) is 11.3 Å². The molecule has 104 valence electrons. The summed E-state index contributed by atoms with van der Waals surface area (Å²) in [7, 11) is 0. The number of anilines is 1. The maximum absolute atomic E-state index is 12.1. The molecule has 0 radical (unpaired) electrons. The van der Waals surface area contributed by atoms with Crippen LogP contribution < -0.4 is 5.32 Å². The van der Waals surface area contributed by atoms with Crippen LogP contribution in [-0.2, 0) is 5.41 Å². The molecule has 0 saturated heterocycles. The molecule has 0 aliphatic heterocycles. The van der Waals surface area contributed by atoms with Crippen LogP contribution in [0.2, 0.25) is 0 Å². The van der Waals surface area contributed by atoms with Crippen LogP contribution in [-0.4, -0.2) is 11.0 Å².